The van der Waals surface area contributed by atoms with Gasteiger partial charge in [0, 0.05) is 12.0 Å². The predicted molar refractivity (Wildman–Crippen MR) is 68.5 cm³/mol. The summed E-state index contributed by atoms with van der Waals surface area (Å²) in [6.45, 7) is 0.744. The van der Waals surface area contributed by atoms with Gasteiger partial charge in [-0.1, -0.05) is 12.1 Å². The molecule has 0 heterocycles. The van der Waals surface area contributed by atoms with Crippen LogP contribution in [0.4, 0.5) is 0 Å². The third-order valence-electron chi connectivity index (χ3n) is 3.48. The number of carbonyl (C=O) groups is 1. The second kappa shape index (κ2) is 5.40. The largest absolute Gasteiger partial charge is 0.497 e. The molecule has 0 radical (unpaired) electrons. The molecule has 0 aromatic heterocycles. The summed E-state index contributed by atoms with van der Waals surface area (Å²) in [5.74, 6) is 0.788. The number of methoxy groups -OCH3 is 1. The maximum absolute atomic E-state index is 11.7. The van der Waals surface area contributed by atoms with Gasteiger partial charge in [0.1, 0.15) is 5.75 Å². The molecule has 0 unspecified atom stereocenters. The van der Waals surface area contributed by atoms with Crippen LogP contribution >= 0.6 is 0 Å². The van der Waals surface area contributed by atoms with Crippen LogP contribution in [0.5, 0.6) is 5.75 Å². The highest BCUT2D eigenvalue weighted by Gasteiger charge is 2.41. The summed E-state index contributed by atoms with van der Waals surface area (Å²) in [5, 5.41) is 12.0. The Hall–Kier alpha value is -1.55. The van der Waals surface area contributed by atoms with Crippen LogP contribution in [0.15, 0.2) is 24.3 Å². The summed E-state index contributed by atoms with van der Waals surface area (Å²) < 4.78 is 5.06. The van der Waals surface area contributed by atoms with Crippen molar-refractivity contribution in [2.45, 2.75) is 19.3 Å². The summed E-state index contributed by atoms with van der Waals surface area (Å²) in [6.07, 6.45) is 2.38. The minimum atomic E-state index is -0.0322. The standard InChI is InChI=1S/C14H19NO3/c1-18-12-4-2-11(3-5-12)8-13(17)15-9-14(10-16)6-7-14/h2-5,16H,6-10H2,1H3,(H,15,17). The first kappa shape index (κ1) is 12.9. The van der Waals surface area contributed by atoms with Crippen LogP contribution in [0.25, 0.3) is 0 Å². The summed E-state index contributed by atoms with van der Waals surface area (Å²) in [7, 11) is 1.62. The molecule has 4 heteroatoms. The van der Waals surface area contributed by atoms with Crippen molar-refractivity contribution in [3.63, 3.8) is 0 Å². The number of benzene rings is 1. The zero-order chi connectivity index (χ0) is 13.0. The number of hydrogen-bond donors (Lipinski definition) is 2. The van der Waals surface area contributed by atoms with Crippen LogP contribution in [0.3, 0.4) is 0 Å². The van der Waals surface area contributed by atoms with Crippen molar-refractivity contribution in [2.24, 2.45) is 5.41 Å². The van der Waals surface area contributed by atoms with Gasteiger partial charge in [0.25, 0.3) is 0 Å². The molecule has 1 aromatic rings. The second-order valence-corrected chi connectivity index (χ2v) is 4.96. The molecule has 0 saturated heterocycles. The lowest BCUT2D eigenvalue weighted by atomic mass is 10.1. The topological polar surface area (TPSA) is 58.6 Å². The molecular weight excluding hydrogens is 230 g/mol. The number of aliphatic hydroxyl groups excluding tert-OH is 1. The fourth-order valence-electron chi connectivity index (χ4n) is 1.84. The van der Waals surface area contributed by atoms with E-state index in [1.165, 1.54) is 0 Å². The molecule has 98 valence electrons. The average Bonchev–Trinajstić information content (AvgIpc) is 3.18. The molecule has 2 rings (SSSR count). The van der Waals surface area contributed by atoms with E-state index < -0.39 is 0 Å². The molecule has 0 spiro atoms. The van der Waals surface area contributed by atoms with E-state index in [-0.39, 0.29) is 17.9 Å². The number of rotatable bonds is 6. The van der Waals surface area contributed by atoms with Gasteiger partial charge in [0.15, 0.2) is 0 Å². The van der Waals surface area contributed by atoms with Gasteiger partial charge in [0.2, 0.25) is 5.91 Å². The molecule has 1 saturated carbocycles. The monoisotopic (exact) mass is 249 g/mol. The Morgan fingerprint density at radius 1 is 1.39 bits per heavy atom. The van der Waals surface area contributed by atoms with E-state index in [2.05, 4.69) is 5.32 Å². The molecule has 2 N–H and O–H groups in total. The maximum atomic E-state index is 11.7. The Bertz CT molecular complexity index is 410. The lowest BCUT2D eigenvalue weighted by molar-refractivity contribution is -0.120. The van der Waals surface area contributed by atoms with Gasteiger partial charge in [-0.05, 0) is 30.5 Å². The van der Waals surface area contributed by atoms with Crippen molar-refractivity contribution in [3.05, 3.63) is 29.8 Å². The first-order valence-corrected chi connectivity index (χ1v) is 6.18. The van der Waals surface area contributed by atoms with Gasteiger partial charge in [-0.3, -0.25) is 4.79 Å². The Morgan fingerprint density at radius 2 is 2.06 bits per heavy atom. The average molecular weight is 249 g/mol. The highest BCUT2D eigenvalue weighted by Crippen LogP contribution is 2.44. The van der Waals surface area contributed by atoms with E-state index >= 15 is 0 Å². The van der Waals surface area contributed by atoms with Gasteiger partial charge in [-0.2, -0.15) is 0 Å². The van der Waals surface area contributed by atoms with E-state index in [1.807, 2.05) is 24.3 Å². The van der Waals surface area contributed by atoms with Crippen molar-refractivity contribution in [3.8, 4) is 5.75 Å². The zero-order valence-corrected chi connectivity index (χ0v) is 10.6. The molecule has 0 aliphatic heterocycles. The molecule has 0 atom stereocenters. The molecular formula is C14H19NO3. The van der Waals surface area contributed by atoms with E-state index in [9.17, 15) is 4.79 Å². The van der Waals surface area contributed by atoms with Gasteiger partial charge in [0.05, 0.1) is 20.1 Å². The van der Waals surface area contributed by atoms with Crippen LogP contribution in [-0.4, -0.2) is 31.3 Å². The molecule has 1 fully saturated rings. The van der Waals surface area contributed by atoms with Gasteiger partial charge in [-0.25, -0.2) is 0 Å². The first-order valence-electron chi connectivity index (χ1n) is 6.18. The summed E-state index contributed by atoms with van der Waals surface area (Å²) in [6, 6.07) is 7.46. The van der Waals surface area contributed by atoms with Crippen LogP contribution in [0.2, 0.25) is 0 Å². The Labute approximate surface area is 107 Å². The number of ether oxygens (including phenoxy) is 1. The van der Waals surface area contributed by atoms with Gasteiger partial charge < -0.3 is 15.2 Å². The lowest BCUT2D eigenvalue weighted by Crippen LogP contribution is -2.32. The Kier molecular flexibility index (Phi) is 3.87. The highest BCUT2D eigenvalue weighted by molar-refractivity contribution is 5.78. The fourth-order valence-corrected chi connectivity index (χ4v) is 1.84. The number of hydrogen-bond acceptors (Lipinski definition) is 3. The third kappa shape index (κ3) is 3.23. The second-order valence-electron chi connectivity index (χ2n) is 4.96. The fraction of sp³-hybridized carbons (Fsp3) is 0.500. The van der Waals surface area contributed by atoms with Crippen LogP contribution in [-0.2, 0) is 11.2 Å². The maximum Gasteiger partial charge on any atom is 0.224 e. The normalized spacial score (nSPS) is 16.1. The van der Waals surface area contributed by atoms with E-state index in [0.29, 0.717) is 13.0 Å². The van der Waals surface area contributed by atoms with Crippen molar-refractivity contribution >= 4 is 5.91 Å². The highest BCUT2D eigenvalue weighted by atomic mass is 16.5. The number of aliphatic hydroxyl groups is 1. The predicted octanol–water partition coefficient (Wildman–Crippen LogP) is 1.13. The zero-order valence-electron chi connectivity index (χ0n) is 10.6. The summed E-state index contributed by atoms with van der Waals surface area (Å²) >= 11 is 0. The Balaban J connectivity index is 1.79. The summed E-state index contributed by atoms with van der Waals surface area (Å²) in [4.78, 5) is 11.7. The van der Waals surface area contributed by atoms with Crippen molar-refractivity contribution < 1.29 is 14.6 Å². The molecule has 1 amide bonds. The summed E-state index contributed by atoms with van der Waals surface area (Å²) in [5.41, 5.74) is 0.928. The quantitative estimate of drug-likeness (QED) is 0.794. The number of amides is 1. The van der Waals surface area contributed by atoms with Crippen molar-refractivity contribution in [1.29, 1.82) is 0 Å². The van der Waals surface area contributed by atoms with Crippen molar-refractivity contribution in [1.82, 2.24) is 5.32 Å². The SMILES string of the molecule is COc1ccc(CC(=O)NCC2(CO)CC2)cc1. The molecule has 18 heavy (non-hydrogen) atoms. The number of nitrogens with one attached hydrogen (secondary N) is 1. The molecule has 4 nitrogen and oxygen atoms in total. The van der Waals surface area contributed by atoms with E-state index in [0.717, 1.165) is 24.2 Å². The van der Waals surface area contributed by atoms with Crippen LogP contribution in [0.1, 0.15) is 18.4 Å². The van der Waals surface area contributed by atoms with Crippen molar-refractivity contribution in [2.75, 3.05) is 20.3 Å². The van der Waals surface area contributed by atoms with Crippen LogP contribution in [0, 0.1) is 5.41 Å². The minimum absolute atomic E-state index is 0.000100. The Morgan fingerprint density at radius 3 is 2.56 bits per heavy atom. The van der Waals surface area contributed by atoms with Gasteiger partial charge >= 0.3 is 0 Å². The lowest BCUT2D eigenvalue weighted by Gasteiger charge is -2.12. The molecule has 0 bridgehead atoms. The van der Waals surface area contributed by atoms with E-state index in [1.54, 1.807) is 7.11 Å². The third-order valence-corrected chi connectivity index (χ3v) is 3.48. The first-order chi connectivity index (χ1) is 8.67. The van der Waals surface area contributed by atoms with Crippen LogP contribution < -0.4 is 10.1 Å². The molecule has 1 aliphatic rings. The molecule has 1 aliphatic carbocycles. The molecule has 1 aromatic carbocycles. The van der Waals surface area contributed by atoms with Gasteiger partial charge in [-0.15, -0.1) is 0 Å². The van der Waals surface area contributed by atoms with E-state index in [4.69, 9.17) is 9.84 Å². The number of carbonyl (C=O) groups excluding carboxylic acids is 1. The smallest absolute Gasteiger partial charge is 0.224 e. The minimum Gasteiger partial charge on any atom is -0.497 e.